The van der Waals surface area contributed by atoms with Crippen LogP contribution in [0.5, 0.6) is 11.5 Å². The lowest BCUT2D eigenvalue weighted by Crippen LogP contribution is -2.04. The van der Waals surface area contributed by atoms with Crippen LogP contribution >= 0.6 is 11.6 Å². The first-order chi connectivity index (χ1) is 11.5. The van der Waals surface area contributed by atoms with Crippen molar-refractivity contribution in [1.29, 1.82) is 0 Å². The van der Waals surface area contributed by atoms with E-state index in [1.165, 1.54) is 25.3 Å². The van der Waals surface area contributed by atoms with Crippen LogP contribution < -0.4 is 4.74 Å². The molecule has 3 aromatic rings. The molecule has 0 atom stereocenters. The molecule has 1 heterocycles. The summed E-state index contributed by atoms with van der Waals surface area (Å²) in [6.07, 6.45) is 0. The molecule has 0 fully saturated rings. The zero-order valence-electron chi connectivity index (χ0n) is 12.4. The van der Waals surface area contributed by atoms with Crippen LogP contribution in [0.4, 0.5) is 5.69 Å². The third kappa shape index (κ3) is 2.77. The molecule has 0 spiro atoms. The zero-order valence-corrected chi connectivity index (χ0v) is 13.2. The highest BCUT2D eigenvalue weighted by Crippen LogP contribution is 2.38. The SMILES string of the molecule is COC(=O)c1[nH]c2ccccc2c1Oc1ccc(Cl)cc1[N+](=O)[O-]. The lowest BCUT2D eigenvalue weighted by Gasteiger charge is -2.07. The molecular weight excluding hydrogens is 336 g/mol. The summed E-state index contributed by atoms with van der Waals surface area (Å²) in [4.78, 5) is 25.5. The van der Waals surface area contributed by atoms with Crippen molar-refractivity contribution in [3.05, 3.63) is 63.3 Å². The zero-order chi connectivity index (χ0) is 17.3. The second kappa shape index (κ2) is 6.21. The molecule has 3 rings (SSSR count). The molecule has 0 aliphatic heterocycles. The summed E-state index contributed by atoms with van der Waals surface area (Å²) >= 11 is 5.80. The molecule has 0 unspecified atom stereocenters. The van der Waals surface area contributed by atoms with Gasteiger partial charge >= 0.3 is 11.7 Å². The Kier molecular flexibility index (Phi) is 4.09. The Labute approximate surface area is 140 Å². The van der Waals surface area contributed by atoms with Crippen molar-refractivity contribution < 1.29 is 19.2 Å². The first-order valence-corrected chi connectivity index (χ1v) is 7.20. The Hall–Kier alpha value is -3.06. The minimum atomic E-state index is -0.641. The number of nitrogens with zero attached hydrogens (tertiary/aromatic N) is 1. The number of para-hydroxylation sites is 1. The summed E-state index contributed by atoms with van der Waals surface area (Å²) in [5, 5.41) is 12.0. The fourth-order valence-corrected chi connectivity index (χ4v) is 2.46. The molecule has 122 valence electrons. The normalized spacial score (nSPS) is 10.6. The largest absolute Gasteiger partial charge is 0.464 e. The van der Waals surface area contributed by atoms with Crippen molar-refractivity contribution in [2.24, 2.45) is 0 Å². The number of nitro benzene ring substituents is 1. The monoisotopic (exact) mass is 346 g/mol. The number of halogens is 1. The molecule has 0 bridgehead atoms. The number of carbonyl (C=O) groups is 1. The highest BCUT2D eigenvalue weighted by Gasteiger charge is 2.24. The first-order valence-electron chi connectivity index (χ1n) is 6.82. The molecule has 0 aliphatic carbocycles. The number of nitro groups is 1. The summed E-state index contributed by atoms with van der Waals surface area (Å²) in [6, 6.07) is 11.1. The van der Waals surface area contributed by atoms with Crippen molar-refractivity contribution in [3.8, 4) is 11.5 Å². The second-order valence-corrected chi connectivity index (χ2v) is 5.27. The fourth-order valence-electron chi connectivity index (χ4n) is 2.30. The lowest BCUT2D eigenvalue weighted by molar-refractivity contribution is -0.385. The predicted molar refractivity (Wildman–Crippen MR) is 87.8 cm³/mol. The lowest BCUT2D eigenvalue weighted by atomic mass is 10.2. The van der Waals surface area contributed by atoms with Gasteiger partial charge in [0.2, 0.25) is 5.75 Å². The molecule has 2 aromatic carbocycles. The van der Waals surface area contributed by atoms with E-state index in [-0.39, 0.29) is 27.9 Å². The average molecular weight is 347 g/mol. The number of aromatic nitrogens is 1. The topological polar surface area (TPSA) is 94.5 Å². The molecule has 0 aliphatic rings. The number of nitrogens with one attached hydrogen (secondary N) is 1. The number of hydrogen-bond donors (Lipinski definition) is 1. The number of methoxy groups -OCH3 is 1. The molecular formula is C16H11ClN2O5. The van der Waals surface area contributed by atoms with Gasteiger partial charge in [-0.15, -0.1) is 0 Å². The number of carbonyl (C=O) groups excluding carboxylic acids is 1. The third-order valence-corrected chi connectivity index (χ3v) is 3.61. The minimum absolute atomic E-state index is 0.0284. The van der Waals surface area contributed by atoms with Crippen LogP contribution in [0.3, 0.4) is 0 Å². The molecule has 7 nitrogen and oxygen atoms in total. The van der Waals surface area contributed by atoms with Crippen molar-refractivity contribution in [2.45, 2.75) is 0 Å². The molecule has 1 N–H and O–H groups in total. The Morgan fingerprint density at radius 3 is 2.71 bits per heavy atom. The van der Waals surface area contributed by atoms with Crippen LogP contribution in [-0.2, 0) is 4.74 Å². The van der Waals surface area contributed by atoms with Crippen LogP contribution in [0.2, 0.25) is 5.02 Å². The van der Waals surface area contributed by atoms with Gasteiger partial charge in [-0.2, -0.15) is 0 Å². The van der Waals surface area contributed by atoms with E-state index < -0.39 is 10.9 Å². The number of H-pyrrole nitrogens is 1. The van der Waals surface area contributed by atoms with Crippen molar-refractivity contribution in [1.82, 2.24) is 4.98 Å². The molecule has 0 saturated heterocycles. The van der Waals surface area contributed by atoms with Gasteiger partial charge < -0.3 is 14.5 Å². The Bertz CT molecular complexity index is 951. The van der Waals surface area contributed by atoms with E-state index in [1.54, 1.807) is 24.3 Å². The first kappa shape index (κ1) is 15.8. The van der Waals surface area contributed by atoms with E-state index in [4.69, 9.17) is 21.1 Å². The van der Waals surface area contributed by atoms with Crippen LogP contribution in [0.15, 0.2) is 42.5 Å². The molecule has 0 radical (unpaired) electrons. The number of hydrogen-bond acceptors (Lipinski definition) is 5. The molecule has 1 aromatic heterocycles. The van der Waals surface area contributed by atoms with Crippen LogP contribution in [0.25, 0.3) is 10.9 Å². The Balaban J connectivity index is 2.17. The number of ether oxygens (including phenoxy) is 2. The highest BCUT2D eigenvalue weighted by atomic mass is 35.5. The molecule has 8 heteroatoms. The molecule has 0 saturated carbocycles. The summed E-state index contributed by atoms with van der Waals surface area (Å²) < 4.78 is 10.4. The number of rotatable bonds is 4. The molecule has 0 amide bonds. The van der Waals surface area contributed by atoms with Crippen molar-refractivity contribution in [3.63, 3.8) is 0 Å². The maximum atomic E-state index is 12.0. The fraction of sp³-hybridized carbons (Fsp3) is 0.0625. The highest BCUT2D eigenvalue weighted by molar-refractivity contribution is 6.30. The predicted octanol–water partition coefficient (Wildman–Crippen LogP) is 4.31. The number of esters is 1. The number of aromatic amines is 1. The van der Waals surface area contributed by atoms with Gasteiger partial charge in [-0.1, -0.05) is 23.7 Å². The van der Waals surface area contributed by atoms with Gasteiger partial charge in [0.1, 0.15) is 0 Å². The Morgan fingerprint density at radius 2 is 2.00 bits per heavy atom. The van der Waals surface area contributed by atoms with Crippen LogP contribution in [0.1, 0.15) is 10.5 Å². The standard InChI is InChI=1S/C16H11ClN2O5/c1-23-16(20)14-15(10-4-2-3-5-11(10)18-14)24-13-7-6-9(17)8-12(13)19(21)22/h2-8,18H,1H3. The average Bonchev–Trinajstić information content (AvgIpc) is 2.94. The van der Waals surface area contributed by atoms with Gasteiger partial charge in [-0.05, 0) is 24.3 Å². The van der Waals surface area contributed by atoms with E-state index in [0.717, 1.165) is 0 Å². The summed E-state index contributed by atoms with van der Waals surface area (Å²) in [5.74, 6) is -0.514. The molecule has 24 heavy (non-hydrogen) atoms. The van der Waals surface area contributed by atoms with Gasteiger partial charge in [0, 0.05) is 22.0 Å². The quantitative estimate of drug-likeness (QED) is 0.431. The van der Waals surface area contributed by atoms with E-state index >= 15 is 0 Å². The number of benzene rings is 2. The second-order valence-electron chi connectivity index (χ2n) is 4.84. The van der Waals surface area contributed by atoms with E-state index in [0.29, 0.717) is 10.9 Å². The van der Waals surface area contributed by atoms with Gasteiger partial charge in [-0.3, -0.25) is 10.1 Å². The van der Waals surface area contributed by atoms with Crippen LogP contribution in [0, 0.1) is 10.1 Å². The maximum Gasteiger partial charge on any atom is 0.358 e. The van der Waals surface area contributed by atoms with Gasteiger partial charge in [0.15, 0.2) is 11.4 Å². The smallest absolute Gasteiger partial charge is 0.358 e. The summed E-state index contributed by atoms with van der Waals surface area (Å²) in [6.45, 7) is 0. The Morgan fingerprint density at radius 1 is 1.25 bits per heavy atom. The van der Waals surface area contributed by atoms with Gasteiger partial charge in [0.05, 0.1) is 12.0 Å². The van der Waals surface area contributed by atoms with Crippen LogP contribution in [-0.4, -0.2) is 23.0 Å². The van der Waals surface area contributed by atoms with Crippen molar-refractivity contribution >= 4 is 34.2 Å². The summed E-state index contributed by atoms with van der Waals surface area (Å²) in [7, 11) is 1.24. The maximum absolute atomic E-state index is 12.0. The number of fused-ring (bicyclic) bond motifs is 1. The minimum Gasteiger partial charge on any atom is -0.464 e. The van der Waals surface area contributed by atoms with E-state index in [2.05, 4.69) is 4.98 Å². The third-order valence-electron chi connectivity index (χ3n) is 3.38. The summed E-state index contributed by atoms with van der Waals surface area (Å²) in [5.41, 5.74) is 0.413. The van der Waals surface area contributed by atoms with E-state index in [9.17, 15) is 14.9 Å². The van der Waals surface area contributed by atoms with Gasteiger partial charge in [0.25, 0.3) is 0 Å². The van der Waals surface area contributed by atoms with Gasteiger partial charge in [-0.25, -0.2) is 4.79 Å². The van der Waals surface area contributed by atoms with E-state index in [1.807, 2.05) is 0 Å². The van der Waals surface area contributed by atoms with Crippen molar-refractivity contribution in [2.75, 3.05) is 7.11 Å².